The molecule has 0 radical (unpaired) electrons. The van der Waals surface area contributed by atoms with E-state index in [2.05, 4.69) is 16.9 Å². The normalized spacial score (nSPS) is 11.6. The molecule has 0 aliphatic rings. The molecule has 0 bridgehead atoms. The molecule has 0 unspecified atom stereocenters. The molecule has 0 saturated carbocycles. The fourth-order valence-corrected chi connectivity index (χ4v) is 2.54. The topological polar surface area (TPSA) is 98.1 Å². The quantitative estimate of drug-likeness (QED) is 0.244. The fraction of sp³-hybridized carbons (Fsp3) is 0.722. The summed E-state index contributed by atoms with van der Waals surface area (Å²) in [5, 5.41) is 0. The van der Waals surface area contributed by atoms with Crippen LogP contribution in [-0.4, -0.2) is 57.5 Å². The number of carbonyl (C=O) groups excluding carboxylic acids is 2. The minimum absolute atomic E-state index is 0. The fourth-order valence-electron chi connectivity index (χ4n) is 2.54. The van der Waals surface area contributed by atoms with Crippen molar-refractivity contribution in [2.24, 2.45) is 5.73 Å². The standard InChI is InChI=1S/C18H31N3O3.Na.H/c1-2-3-4-5-6-7-8-9-10-11-17(22)24-18(23)16(19)12-15-13-20-14-21-15;;/h13-14,16H,2-12,19H2,1H3,(H,20,21);;/t16-;;/m0../s1. The van der Waals surface area contributed by atoms with Crippen LogP contribution < -0.4 is 5.73 Å². The first kappa shape index (κ1) is 24.3. The predicted molar refractivity (Wildman–Crippen MR) is 100 cm³/mol. The summed E-state index contributed by atoms with van der Waals surface area (Å²) in [6.45, 7) is 2.22. The Morgan fingerprint density at radius 1 is 1.12 bits per heavy atom. The van der Waals surface area contributed by atoms with E-state index in [-0.39, 0.29) is 42.4 Å². The molecule has 0 saturated heterocycles. The second kappa shape index (κ2) is 15.6. The average Bonchev–Trinajstić information content (AvgIpc) is 3.06. The summed E-state index contributed by atoms with van der Waals surface area (Å²) in [6, 6.07) is -0.850. The number of ether oxygens (including phenoxy) is 1. The summed E-state index contributed by atoms with van der Waals surface area (Å²) < 4.78 is 4.80. The summed E-state index contributed by atoms with van der Waals surface area (Å²) in [7, 11) is 0. The van der Waals surface area contributed by atoms with Gasteiger partial charge in [-0.25, -0.2) is 9.78 Å². The van der Waals surface area contributed by atoms with Crippen molar-refractivity contribution in [3.8, 4) is 0 Å². The van der Waals surface area contributed by atoms with Crippen LogP contribution in [0, 0.1) is 0 Å². The van der Waals surface area contributed by atoms with Crippen LogP contribution in [0.5, 0.6) is 0 Å². The van der Waals surface area contributed by atoms with Crippen LogP contribution in [0.3, 0.4) is 0 Å². The first-order valence-corrected chi connectivity index (χ1v) is 9.10. The number of nitrogens with two attached hydrogens (primary N) is 1. The van der Waals surface area contributed by atoms with Gasteiger partial charge in [0.1, 0.15) is 6.04 Å². The molecule has 1 atom stereocenters. The van der Waals surface area contributed by atoms with Crippen LogP contribution in [0.15, 0.2) is 12.5 Å². The molecule has 0 aliphatic heterocycles. The maximum atomic E-state index is 11.7. The summed E-state index contributed by atoms with van der Waals surface area (Å²) >= 11 is 0. The first-order valence-electron chi connectivity index (χ1n) is 9.10. The third kappa shape index (κ3) is 12.3. The minimum atomic E-state index is -0.850. The maximum absolute atomic E-state index is 11.7. The predicted octanol–water partition coefficient (Wildman–Crippen LogP) is 2.62. The molecule has 3 N–H and O–H groups in total. The molecule has 0 spiro atoms. The third-order valence-electron chi connectivity index (χ3n) is 4.00. The Bertz CT molecular complexity index is 466. The van der Waals surface area contributed by atoms with Crippen LogP contribution in [0.1, 0.15) is 76.8 Å². The summed E-state index contributed by atoms with van der Waals surface area (Å²) in [6.07, 6.45) is 14.3. The van der Waals surface area contributed by atoms with E-state index in [4.69, 9.17) is 10.5 Å². The molecule has 0 fully saturated rings. The van der Waals surface area contributed by atoms with Crippen LogP contribution in [0.4, 0.5) is 0 Å². The molecule has 1 rings (SSSR count). The van der Waals surface area contributed by atoms with Gasteiger partial charge < -0.3 is 15.5 Å². The van der Waals surface area contributed by atoms with Gasteiger partial charge in [0.25, 0.3) is 0 Å². The van der Waals surface area contributed by atoms with E-state index in [0.29, 0.717) is 0 Å². The van der Waals surface area contributed by atoms with Gasteiger partial charge in [0.2, 0.25) is 0 Å². The van der Waals surface area contributed by atoms with Crippen molar-refractivity contribution in [1.82, 2.24) is 9.97 Å². The summed E-state index contributed by atoms with van der Waals surface area (Å²) in [5.41, 5.74) is 6.47. The van der Waals surface area contributed by atoms with Crippen LogP contribution in [-0.2, 0) is 20.7 Å². The number of unbranched alkanes of at least 4 members (excludes halogenated alkanes) is 8. The van der Waals surface area contributed by atoms with Crippen molar-refractivity contribution in [2.45, 2.75) is 83.6 Å². The summed E-state index contributed by atoms with van der Waals surface area (Å²) in [5.74, 6) is -1.16. The number of hydrogen-bond donors (Lipinski definition) is 2. The molecule has 25 heavy (non-hydrogen) atoms. The molecule has 7 heteroatoms. The van der Waals surface area contributed by atoms with Crippen molar-refractivity contribution in [3.63, 3.8) is 0 Å². The summed E-state index contributed by atoms with van der Waals surface area (Å²) in [4.78, 5) is 30.1. The van der Waals surface area contributed by atoms with Gasteiger partial charge in [-0.05, 0) is 6.42 Å². The number of H-pyrrole nitrogens is 1. The van der Waals surface area contributed by atoms with E-state index in [1.54, 1.807) is 6.20 Å². The van der Waals surface area contributed by atoms with Crippen molar-refractivity contribution < 1.29 is 14.3 Å². The number of hydrogen-bond acceptors (Lipinski definition) is 5. The molecule has 0 aromatic carbocycles. The van der Waals surface area contributed by atoms with Gasteiger partial charge in [-0.1, -0.05) is 58.3 Å². The third-order valence-corrected chi connectivity index (χ3v) is 4.00. The van der Waals surface area contributed by atoms with Crippen molar-refractivity contribution >= 4 is 41.5 Å². The molecule has 1 aromatic rings. The number of nitrogens with one attached hydrogen (secondary N) is 1. The van der Waals surface area contributed by atoms with Gasteiger partial charge in [0.05, 0.1) is 6.33 Å². The molecule has 1 aromatic heterocycles. The van der Waals surface area contributed by atoms with Crippen LogP contribution >= 0.6 is 0 Å². The number of aromatic nitrogens is 2. The Morgan fingerprint density at radius 3 is 2.28 bits per heavy atom. The van der Waals surface area contributed by atoms with Crippen LogP contribution in [0.2, 0.25) is 0 Å². The number of esters is 2. The Balaban J connectivity index is 0.00000576. The number of aromatic amines is 1. The Morgan fingerprint density at radius 2 is 1.72 bits per heavy atom. The monoisotopic (exact) mass is 361 g/mol. The molecule has 0 amide bonds. The van der Waals surface area contributed by atoms with Crippen LogP contribution in [0.25, 0.3) is 0 Å². The molecular weight excluding hydrogens is 329 g/mol. The number of carbonyl (C=O) groups is 2. The van der Waals surface area contributed by atoms with Gasteiger partial charge >= 0.3 is 41.5 Å². The van der Waals surface area contributed by atoms with E-state index in [9.17, 15) is 9.59 Å². The molecule has 138 valence electrons. The Labute approximate surface area is 173 Å². The zero-order valence-corrected chi connectivity index (χ0v) is 14.8. The Hall–Kier alpha value is -0.690. The van der Waals surface area contributed by atoms with Crippen molar-refractivity contribution in [3.05, 3.63) is 18.2 Å². The molecule has 6 nitrogen and oxygen atoms in total. The number of nitrogens with zero attached hydrogens (tertiary/aromatic N) is 1. The number of imidazole rings is 1. The van der Waals surface area contributed by atoms with Gasteiger partial charge in [-0.15, -0.1) is 0 Å². The average molecular weight is 361 g/mol. The van der Waals surface area contributed by atoms with Crippen molar-refractivity contribution in [1.29, 1.82) is 0 Å². The second-order valence-electron chi connectivity index (χ2n) is 6.26. The van der Waals surface area contributed by atoms with Gasteiger partial charge in [-0.3, -0.25) is 4.79 Å². The van der Waals surface area contributed by atoms with Gasteiger partial charge in [0.15, 0.2) is 0 Å². The SMILES string of the molecule is CCCCCCCCCCCC(=O)OC(=O)[C@@H](N)Cc1cnc[nH]1.[NaH]. The molecule has 0 aliphatic carbocycles. The van der Waals surface area contributed by atoms with E-state index in [0.717, 1.165) is 25.0 Å². The van der Waals surface area contributed by atoms with E-state index in [1.165, 1.54) is 44.9 Å². The van der Waals surface area contributed by atoms with Gasteiger partial charge in [-0.2, -0.15) is 0 Å². The second-order valence-corrected chi connectivity index (χ2v) is 6.26. The zero-order chi connectivity index (χ0) is 17.6. The molecular formula is C18H32N3NaO3. The zero-order valence-electron chi connectivity index (χ0n) is 14.8. The number of rotatable bonds is 13. The van der Waals surface area contributed by atoms with E-state index in [1.807, 2.05) is 0 Å². The molecule has 1 heterocycles. The first-order chi connectivity index (χ1) is 11.6. The van der Waals surface area contributed by atoms with Gasteiger partial charge in [0, 0.05) is 24.7 Å². The Kier molecular flexibility index (Phi) is 15.1. The van der Waals surface area contributed by atoms with Crippen molar-refractivity contribution in [2.75, 3.05) is 0 Å². The van der Waals surface area contributed by atoms with E-state index < -0.39 is 18.0 Å². The van der Waals surface area contributed by atoms with E-state index >= 15 is 0 Å².